The van der Waals surface area contributed by atoms with Crippen LogP contribution in [0.1, 0.15) is 22.8 Å². The molecule has 1 saturated heterocycles. The minimum absolute atomic E-state index is 0. The molecule has 0 radical (unpaired) electrons. The number of piperazine rings is 1. The van der Waals surface area contributed by atoms with Crippen LogP contribution in [0.5, 0.6) is 0 Å². The van der Waals surface area contributed by atoms with Crippen molar-refractivity contribution in [1.82, 2.24) is 10.2 Å². The maximum atomic E-state index is 12.1. The van der Waals surface area contributed by atoms with Crippen LogP contribution in [0.25, 0.3) is 0 Å². The molecular weight excluding hydrogens is 244 g/mol. The Morgan fingerprint density at radius 1 is 1.56 bits per heavy atom. The van der Waals surface area contributed by atoms with Gasteiger partial charge in [-0.15, -0.1) is 12.4 Å². The molecule has 16 heavy (non-hydrogen) atoms. The molecule has 90 valence electrons. The van der Waals surface area contributed by atoms with Gasteiger partial charge < -0.3 is 10.2 Å². The van der Waals surface area contributed by atoms with Crippen LogP contribution in [-0.4, -0.2) is 36.5 Å². The Morgan fingerprint density at radius 3 is 2.88 bits per heavy atom. The molecule has 1 N–H and O–H groups in total. The normalized spacial score (nSPS) is 20.4. The lowest BCUT2D eigenvalue weighted by Crippen LogP contribution is -2.51. The average molecular weight is 261 g/mol. The van der Waals surface area contributed by atoms with Crippen molar-refractivity contribution in [3.8, 4) is 0 Å². The highest BCUT2D eigenvalue weighted by Crippen LogP contribution is 2.16. The third kappa shape index (κ3) is 2.75. The summed E-state index contributed by atoms with van der Waals surface area (Å²) in [7, 11) is 0. The Balaban J connectivity index is 0.00000128. The molecule has 1 aromatic heterocycles. The predicted molar refractivity (Wildman–Crippen MR) is 69.7 cm³/mol. The van der Waals surface area contributed by atoms with E-state index >= 15 is 0 Å². The summed E-state index contributed by atoms with van der Waals surface area (Å²) >= 11 is 1.60. The summed E-state index contributed by atoms with van der Waals surface area (Å²) in [5.74, 6) is 0.183. The summed E-state index contributed by atoms with van der Waals surface area (Å²) in [5, 5.41) is 7.31. The van der Waals surface area contributed by atoms with Crippen LogP contribution < -0.4 is 5.32 Å². The summed E-state index contributed by atoms with van der Waals surface area (Å²) in [5.41, 5.74) is 1.96. The fourth-order valence-corrected chi connectivity index (χ4v) is 2.69. The molecule has 0 aromatic carbocycles. The number of amides is 1. The van der Waals surface area contributed by atoms with Crippen molar-refractivity contribution in [3.05, 3.63) is 21.9 Å². The summed E-state index contributed by atoms with van der Waals surface area (Å²) < 4.78 is 0. The molecule has 0 saturated carbocycles. The first-order valence-corrected chi connectivity index (χ1v) is 6.18. The first-order chi connectivity index (χ1) is 7.18. The molecule has 0 spiro atoms. The minimum atomic E-state index is 0. The smallest absolute Gasteiger partial charge is 0.255 e. The molecular formula is C11H17ClN2OS. The van der Waals surface area contributed by atoms with Gasteiger partial charge in [-0.1, -0.05) is 0 Å². The molecule has 1 fully saturated rings. The monoisotopic (exact) mass is 260 g/mol. The summed E-state index contributed by atoms with van der Waals surface area (Å²) in [6.07, 6.45) is 0. The van der Waals surface area contributed by atoms with E-state index < -0.39 is 0 Å². The zero-order valence-electron chi connectivity index (χ0n) is 9.53. The Labute approximate surface area is 106 Å². The third-order valence-electron chi connectivity index (χ3n) is 2.74. The summed E-state index contributed by atoms with van der Waals surface area (Å²) in [6.45, 7) is 6.64. The number of carbonyl (C=O) groups is 1. The van der Waals surface area contributed by atoms with Gasteiger partial charge in [-0.2, -0.15) is 11.3 Å². The number of aryl methyl sites for hydroxylation is 1. The van der Waals surface area contributed by atoms with Crippen molar-refractivity contribution >= 4 is 29.7 Å². The van der Waals surface area contributed by atoms with Crippen LogP contribution in [0.15, 0.2) is 10.8 Å². The van der Waals surface area contributed by atoms with Gasteiger partial charge >= 0.3 is 0 Å². The van der Waals surface area contributed by atoms with Crippen molar-refractivity contribution in [3.63, 3.8) is 0 Å². The SMILES string of the molecule is Cc1cscc1C(=O)N1CCN[C@@H](C)C1.Cl. The largest absolute Gasteiger partial charge is 0.336 e. The van der Waals surface area contributed by atoms with Crippen molar-refractivity contribution in [1.29, 1.82) is 0 Å². The van der Waals surface area contributed by atoms with E-state index in [9.17, 15) is 4.79 Å². The van der Waals surface area contributed by atoms with Crippen LogP contribution in [0, 0.1) is 6.92 Å². The standard InChI is InChI=1S/C11H16N2OS.ClH/c1-8-6-15-7-10(8)11(14)13-4-3-12-9(2)5-13;/h6-7,9,12H,3-5H2,1-2H3;1H/t9-;/m0./s1. The van der Waals surface area contributed by atoms with Crippen molar-refractivity contribution < 1.29 is 4.79 Å². The zero-order chi connectivity index (χ0) is 10.8. The first kappa shape index (κ1) is 13.5. The van der Waals surface area contributed by atoms with Crippen LogP contribution in [0.3, 0.4) is 0 Å². The van der Waals surface area contributed by atoms with Gasteiger partial charge in [0.25, 0.3) is 5.91 Å². The number of thiophene rings is 1. The van der Waals surface area contributed by atoms with Gasteiger partial charge in [0.05, 0.1) is 5.56 Å². The quantitative estimate of drug-likeness (QED) is 0.837. The second-order valence-corrected chi connectivity index (χ2v) is 4.82. The van der Waals surface area contributed by atoms with Gasteiger partial charge in [0.15, 0.2) is 0 Å². The summed E-state index contributed by atoms with van der Waals surface area (Å²) in [4.78, 5) is 14.1. The fraction of sp³-hybridized carbons (Fsp3) is 0.545. The van der Waals surface area contributed by atoms with Gasteiger partial charge in [0, 0.05) is 31.1 Å². The number of halogens is 1. The number of carbonyl (C=O) groups excluding carboxylic acids is 1. The second kappa shape index (κ2) is 5.66. The van der Waals surface area contributed by atoms with Crippen LogP contribution in [-0.2, 0) is 0 Å². The number of hydrogen-bond donors (Lipinski definition) is 1. The molecule has 2 heterocycles. The van der Waals surface area contributed by atoms with Gasteiger partial charge in [-0.05, 0) is 24.8 Å². The van der Waals surface area contributed by atoms with E-state index in [2.05, 4.69) is 12.2 Å². The third-order valence-corrected chi connectivity index (χ3v) is 3.60. The molecule has 0 unspecified atom stereocenters. The maximum Gasteiger partial charge on any atom is 0.255 e. The topological polar surface area (TPSA) is 32.3 Å². The lowest BCUT2D eigenvalue weighted by molar-refractivity contribution is 0.0709. The van der Waals surface area contributed by atoms with Crippen LogP contribution in [0.2, 0.25) is 0 Å². The van der Waals surface area contributed by atoms with Crippen LogP contribution >= 0.6 is 23.7 Å². The highest BCUT2D eigenvalue weighted by atomic mass is 35.5. The first-order valence-electron chi connectivity index (χ1n) is 5.24. The van der Waals surface area contributed by atoms with Gasteiger partial charge in [-0.25, -0.2) is 0 Å². The van der Waals surface area contributed by atoms with Crippen molar-refractivity contribution in [2.24, 2.45) is 0 Å². The van der Waals surface area contributed by atoms with E-state index in [-0.39, 0.29) is 18.3 Å². The number of rotatable bonds is 1. The Kier molecular flexibility index (Phi) is 4.77. The Hall–Kier alpha value is -0.580. The number of nitrogens with one attached hydrogen (secondary N) is 1. The number of hydrogen-bond acceptors (Lipinski definition) is 3. The van der Waals surface area contributed by atoms with Crippen LogP contribution in [0.4, 0.5) is 0 Å². The lowest BCUT2D eigenvalue weighted by atomic mass is 10.1. The molecule has 1 aromatic rings. The van der Waals surface area contributed by atoms with Crippen molar-refractivity contribution in [2.45, 2.75) is 19.9 Å². The van der Waals surface area contributed by atoms with Gasteiger partial charge in [-0.3, -0.25) is 4.79 Å². The lowest BCUT2D eigenvalue weighted by Gasteiger charge is -2.31. The second-order valence-electron chi connectivity index (χ2n) is 4.07. The molecule has 0 aliphatic carbocycles. The van der Waals surface area contributed by atoms with Crippen molar-refractivity contribution in [2.75, 3.05) is 19.6 Å². The predicted octanol–water partition coefficient (Wildman–Crippen LogP) is 1.91. The molecule has 3 nitrogen and oxygen atoms in total. The zero-order valence-corrected chi connectivity index (χ0v) is 11.2. The Bertz CT molecular complexity index is 367. The summed E-state index contributed by atoms with van der Waals surface area (Å²) in [6, 6.07) is 0.404. The van der Waals surface area contributed by atoms with Gasteiger partial charge in [0.1, 0.15) is 0 Å². The molecule has 1 aliphatic rings. The van der Waals surface area contributed by atoms with E-state index in [1.54, 1.807) is 11.3 Å². The Morgan fingerprint density at radius 2 is 2.31 bits per heavy atom. The van der Waals surface area contributed by atoms with E-state index in [1.807, 2.05) is 22.6 Å². The molecule has 1 atom stereocenters. The van der Waals surface area contributed by atoms with Gasteiger partial charge in [0.2, 0.25) is 0 Å². The molecule has 1 aliphatic heterocycles. The highest BCUT2D eigenvalue weighted by Gasteiger charge is 2.22. The fourth-order valence-electron chi connectivity index (χ4n) is 1.87. The van der Waals surface area contributed by atoms with E-state index in [0.29, 0.717) is 6.04 Å². The van der Waals surface area contributed by atoms with E-state index in [0.717, 1.165) is 30.8 Å². The van der Waals surface area contributed by atoms with E-state index in [1.165, 1.54) is 0 Å². The molecule has 5 heteroatoms. The number of nitrogens with zero attached hydrogens (tertiary/aromatic N) is 1. The molecule has 0 bridgehead atoms. The maximum absolute atomic E-state index is 12.1. The molecule has 1 amide bonds. The molecule has 2 rings (SSSR count). The average Bonchev–Trinajstić information content (AvgIpc) is 2.63. The van der Waals surface area contributed by atoms with E-state index in [4.69, 9.17) is 0 Å². The highest BCUT2D eigenvalue weighted by molar-refractivity contribution is 7.08. The minimum Gasteiger partial charge on any atom is -0.336 e.